The Morgan fingerprint density at radius 3 is 1.59 bits per heavy atom. The fourth-order valence-electron chi connectivity index (χ4n) is 3.08. The predicted octanol–water partition coefficient (Wildman–Crippen LogP) is 2.00. The summed E-state index contributed by atoms with van der Waals surface area (Å²) < 4.78 is 10.2. The Labute approximate surface area is 226 Å². The second kappa shape index (κ2) is 16.1. The van der Waals surface area contributed by atoms with Gasteiger partial charge >= 0.3 is 18.2 Å². The van der Waals surface area contributed by atoms with E-state index >= 15 is 0 Å². The van der Waals surface area contributed by atoms with Gasteiger partial charge in [-0.1, -0.05) is 74.5 Å². The van der Waals surface area contributed by atoms with Gasteiger partial charge < -0.3 is 20.1 Å². The van der Waals surface area contributed by atoms with Crippen molar-refractivity contribution in [1.82, 2.24) is 32.3 Å². The van der Waals surface area contributed by atoms with Crippen LogP contribution < -0.4 is 32.3 Å². The third kappa shape index (κ3) is 12.3. The van der Waals surface area contributed by atoms with Crippen molar-refractivity contribution in [3.05, 3.63) is 71.8 Å². The maximum absolute atomic E-state index is 12.6. The van der Waals surface area contributed by atoms with Gasteiger partial charge in [-0.3, -0.25) is 20.4 Å². The number of nitrogens with one attached hydrogen (secondary N) is 6. The highest BCUT2D eigenvalue weighted by molar-refractivity contribution is 5.89. The van der Waals surface area contributed by atoms with Crippen LogP contribution in [0.3, 0.4) is 0 Å². The number of urea groups is 1. The highest BCUT2D eigenvalue weighted by Gasteiger charge is 2.23. The van der Waals surface area contributed by atoms with Gasteiger partial charge in [0, 0.05) is 0 Å². The average molecular weight is 543 g/mol. The van der Waals surface area contributed by atoms with E-state index in [1.807, 2.05) is 43.5 Å². The van der Waals surface area contributed by atoms with E-state index in [4.69, 9.17) is 9.47 Å². The van der Waals surface area contributed by atoms with E-state index in [0.717, 1.165) is 11.1 Å². The summed E-state index contributed by atoms with van der Waals surface area (Å²) in [5.41, 5.74) is 9.95. The van der Waals surface area contributed by atoms with E-state index in [2.05, 4.69) is 26.9 Å². The summed E-state index contributed by atoms with van der Waals surface area (Å²) >= 11 is 0. The molecule has 0 bridgehead atoms. The zero-order chi connectivity index (χ0) is 28.6. The van der Waals surface area contributed by atoms with Crippen LogP contribution >= 0.6 is 0 Å². The Morgan fingerprint density at radius 1 is 0.641 bits per heavy atom. The Kier molecular flexibility index (Phi) is 12.6. The molecule has 0 fully saturated rings. The van der Waals surface area contributed by atoms with Crippen LogP contribution in [0.4, 0.5) is 14.4 Å². The lowest BCUT2D eigenvalue weighted by Gasteiger charge is -2.20. The van der Waals surface area contributed by atoms with E-state index in [1.165, 1.54) is 6.92 Å². The first-order chi connectivity index (χ1) is 18.6. The van der Waals surface area contributed by atoms with Crippen LogP contribution in [0.25, 0.3) is 0 Å². The smallest absolute Gasteiger partial charge is 0.408 e. The molecule has 210 valence electrons. The molecule has 39 heavy (non-hydrogen) atoms. The maximum Gasteiger partial charge on any atom is 0.408 e. The third-order valence-electron chi connectivity index (χ3n) is 5.07. The summed E-state index contributed by atoms with van der Waals surface area (Å²) in [6.45, 7) is 5.17. The number of alkyl carbamates (subject to hydrolysis) is 2. The normalized spacial score (nSPS) is 11.8. The molecule has 0 heterocycles. The Morgan fingerprint density at radius 2 is 1.10 bits per heavy atom. The number of carbonyl (C=O) groups excluding carboxylic acids is 5. The second-order valence-corrected chi connectivity index (χ2v) is 8.87. The van der Waals surface area contributed by atoms with Crippen LogP contribution in [0.5, 0.6) is 0 Å². The van der Waals surface area contributed by atoms with Crippen LogP contribution in [-0.2, 0) is 32.3 Å². The molecule has 0 saturated carbocycles. The lowest BCUT2D eigenvalue weighted by Crippen LogP contribution is -2.58. The Balaban J connectivity index is 1.71. The van der Waals surface area contributed by atoms with Crippen molar-refractivity contribution in [3.8, 4) is 0 Å². The van der Waals surface area contributed by atoms with Crippen LogP contribution in [0, 0.1) is 5.92 Å². The van der Waals surface area contributed by atoms with Crippen molar-refractivity contribution < 1.29 is 33.4 Å². The van der Waals surface area contributed by atoms with Crippen molar-refractivity contribution in [3.63, 3.8) is 0 Å². The Bertz CT molecular complexity index is 1100. The van der Waals surface area contributed by atoms with E-state index in [9.17, 15) is 24.0 Å². The van der Waals surface area contributed by atoms with Crippen molar-refractivity contribution in [2.24, 2.45) is 5.92 Å². The summed E-state index contributed by atoms with van der Waals surface area (Å²) in [7, 11) is 0. The lowest BCUT2D eigenvalue weighted by molar-refractivity contribution is -0.124. The molecule has 0 saturated heterocycles. The van der Waals surface area contributed by atoms with Gasteiger partial charge in [0.05, 0.1) is 0 Å². The molecule has 0 aliphatic rings. The molecule has 2 atom stereocenters. The lowest BCUT2D eigenvalue weighted by atomic mass is 10.0. The van der Waals surface area contributed by atoms with Crippen LogP contribution in [0.2, 0.25) is 0 Å². The van der Waals surface area contributed by atoms with Gasteiger partial charge in [0.2, 0.25) is 0 Å². The monoisotopic (exact) mass is 542 g/mol. The first-order valence-electron chi connectivity index (χ1n) is 12.2. The molecule has 6 N–H and O–H groups in total. The molecule has 0 spiro atoms. The summed E-state index contributed by atoms with van der Waals surface area (Å²) in [5.74, 6) is -1.40. The topological polar surface area (TPSA) is 176 Å². The van der Waals surface area contributed by atoms with Gasteiger partial charge in [-0.05, 0) is 30.4 Å². The van der Waals surface area contributed by atoms with E-state index < -0.39 is 42.1 Å². The summed E-state index contributed by atoms with van der Waals surface area (Å²) in [5, 5.41) is 4.81. The fourth-order valence-corrected chi connectivity index (χ4v) is 3.08. The molecule has 6 amide bonds. The third-order valence-corrected chi connectivity index (χ3v) is 5.07. The predicted molar refractivity (Wildman–Crippen MR) is 140 cm³/mol. The molecule has 0 aliphatic carbocycles. The number of carbonyl (C=O) groups is 5. The van der Waals surface area contributed by atoms with E-state index in [-0.39, 0.29) is 25.6 Å². The van der Waals surface area contributed by atoms with Crippen LogP contribution in [0.1, 0.15) is 38.3 Å². The number of ether oxygens (including phenoxy) is 2. The minimum Gasteiger partial charge on any atom is -0.445 e. The van der Waals surface area contributed by atoms with Gasteiger partial charge in [0.25, 0.3) is 11.8 Å². The van der Waals surface area contributed by atoms with Crippen molar-refractivity contribution in [1.29, 1.82) is 0 Å². The summed E-state index contributed by atoms with van der Waals surface area (Å²) in [6.07, 6.45) is -1.33. The minimum absolute atomic E-state index is 0.0266. The molecule has 0 aliphatic heterocycles. The highest BCUT2D eigenvalue weighted by Crippen LogP contribution is 2.06. The number of hydrogen-bond donors (Lipinski definition) is 6. The van der Waals surface area contributed by atoms with Gasteiger partial charge in [-0.2, -0.15) is 0 Å². The molecule has 2 aromatic rings. The van der Waals surface area contributed by atoms with Crippen molar-refractivity contribution in [2.75, 3.05) is 0 Å². The molecule has 13 nitrogen and oxygen atoms in total. The summed E-state index contributed by atoms with van der Waals surface area (Å²) in [4.78, 5) is 60.8. The number of amides is 6. The number of hydrogen-bond acceptors (Lipinski definition) is 7. The highest BCUT2D eigenvalue weighted by atomic mass is 16.6. The first-order valence-corrected chi connectivity index (χ1v) is 12.2. The second-order valence-electron chi connectivity index (χ2n) is 8.87. The molecule has 0 aromatic heterocycles. The largest absolute Gasteiger partial charge is 0.445 e. The van der Waals surface area contributed by atoms with Gasteiger partial charge in [0.15, 0.2) is 0 Å². The number of hydrazine groups is 2. The molecular formula is C26H34N6O7. The van der Waals surface area contributed by atoms with Gasteiger partial charge in [-0.25, -0.2) is 25.2 Å². The Hall–Kier alpha value is -4.81. The zero-order valence-electron chi connectivity index (χ0n) is 22.0. The van der Waals surface area contributed by atoms with Crippen LogP contribution in [-0.4, -0.2) is 42.1 Å². The maximum atomic E-state index is 12.6. The number of rotatable bonds is 10. The van der Waals surface area contributed by atoms with Crippen LogP contribution in [0.15, 0.2) is 60.7 Å². The summed E-state index contributed by atoms with van der Waals surface area (Å²) in [6, 6.07) is 15.0. The average Bonchev–Trinajstić information content (AvgIpc) is 2.92. The SMILES string of the molecule is CC(C)C[C@@H](NC(=O)OCc1ccccc1)C(=O)NNC(=O)NNC(=O)[C@H](C)NC(=O)OCc1ccccc1. The molecule has 2 rings (SSSR count). The van der Waals surface area contributed by atoms with E-state index in [0.29, 0.717) is 0 Å². The standard InChI is InChI=1S/C26H34N6O7/c1-17(2)14-21(28-26(37)39-16-20-12-8-5-9-13-20)23(34)30-32-24(35)31-29-22(33)18(3)27-25(36)38-15-19-10-6-4-7-11-19/h4-13,17-18,21H,14-16H2,1-3H3,(H,27,36)(H,28,37)(H,29,33)(H,30,34)(H2,31,32,35)/t18-,21+/m0/s1. The fraction of sp³-hybridized carbons (Fsp3) is 0.346. The van der Waals surface area contributed by atoms with Gasteiger partial charge in [0.1, 0.15) is 25.3 Å². The molecular weight excluding hydrogens is 508 g/mol. The first kappa shape index (κ1) is 30.4. The molecule has 13 heteroatoms. The molecule has 2 aromatic carbocycles. The zero-order valence-corrected chi connectivity index (χ0v) is 22.0. The van der Waals surface area contributed by atoms with E-state index in [1.54, 1.807) is 36.4 Å². The van der Waals surface area contributed by atoms with Gasteiger partial charge in [-0.15, -0.1) is 0 Å². The molecule has 0 unspecified atom stereocenters. The van der Waals surface area contributed by atoms with Crippen molar-refractivity contribution >= 4 is 30.0 Å². The molecule has 0 radical (unpaired) electrons. The quantitative estimate of drug-likeness (QED) is 0.249. The minimum atomic E-state index is -1.04. The van der Waals surface area contributed by atoms with Crippen molar-refractivity contribution in [2.45, 2.75) is 52.5 Å². The number of benzene rings is 2.